The zero-order valence-corrected chi connectivity index (χ0v) is 23.4. The summed E-state index contributed by atoms with van der Waals surface area (Å²) in [4.78, 5) is 19.7. The van der Waals surface area contributed by atoms with Gasteiger partial charge >= 0.3 is 6.05 Å². The number of hydrogen-bond donors (Lipinski definition) is 1. The number of H-pyrrole nitrogens is 1. The van der Waals surface area contributed by atoms with E-state index in [1.807, 2.05) is 18.2 Å². The third-order valence-electron chi connectivity index (χ3n) is 7.65. The molecule has 2 atom stereocenters. The zero-order chi connectivity index (χ0) is 27.8. The fourth-order valence-corrected chi connectivity index (χ4v) is 7.50. The zero-order valence-electron chi connectivity index (χ0n) is 21.8. The van der Waals surface area contributed by atoms with Crippen molar-refractivity contribution >= 4 is 33.1 Å². The van der Waals surface area contributed by atoms with Gasteiger partial charge in [0.05, 0.1) is 27.8 Å². The van der Waals surface area contributed by atoms with Crippen LogP contribution in [-0.4, -0.2) is 67.8 Å². The molecule has 5 rings (SSSR count). The molecule has 1 aromatic heterocycles. The number of aromatic nitrogens is 1. The Kier molecular flexibility index (Phi) is 8.24. The molecule has 0 radical (unpaired) electrons. The molecule has 3 aliphatic carbocycles. The minimum absolute atomic E-state index is 0.0649. The van der Waals surface area contributed by atoms with Crippen LogP contribution in [-0.2, 0) is 14.6 Å². The second kappa shape index (κ2) is 11.3. The van der Waals surface area contributed by atoms with Crippen LogP contribution in [0.3, 0.4) is 0 Å². The van der Waals surface area contributed by atoms with Gasteiger partial charge in [-0.15, -0.1) is 11.6 Å². The maximum absolute atomic E-state index is 14.1. The molecular weight excluding hydrogens is 550 g/mol. The number of nitroso groups, excluding NO2 is 1. The summed E-state index contributed by atoms with van der Waals surface area (Å²) in [6.07, 6.45) is 11.0. The van der Waals surface area contributed by atoms with Crippen molar-refractivity contribution in [3.05, 3.63) is 55.6 Å². The molecule has 4 aliphatic rings. The van der Waals surface area contributed by atoms with Crippen LogP contribution in [0.5, 0.6) is 0 Å². The number of nitrogens with zero attached hydrogens (tertiary/aromatic N) is 3. The second-order valence-corrected chi connectivity index (χ2v) is 13.1. The van der Waals surface area contributed by atoms with Crippen LogP contribution in [0.4, 0.5) is 8.78 Å². The number of allylic oxidation sites excluding steroid dienone is 4. The minimum atomic E-state index is -3.30. The van der Waals surface area contributed by atoms with Crippen molar-refractivity contribution in [3.63, 3.8) is 0 Å². The fourth-order valence-electron chi connectivity index (χ4n) is 5.51. The van der Waals surface area contributed by atoms with Gasteiger partial charge in [-0.2, -0.15) is 13.7 Å². The van der Waals surface area contributed by atoms with Crippen molar-refractivity contribution in [2.45, 2.75) is 68.2 Å². The van der Waals surface area contributed by atoms with Gasteiger partial charge in [0.15, 0.2) is 16.4 Å². The molecule has 1 aromatic rings. The topological polar surface area (TPSA) is 104 Å². The standard InChI is InChI=1S/C27H33ClF2N4O4S/c1-2-34(27(29,30)16-32-35)11-4-12-38-23-10-9-21(24-22-14-18(28)15-31-26(22)33-25(23)24)17-5-3-6-20(13-17)39(36,37)19-7-8-19/h6,9,13-14,18-19,23H,2-5,7-8,10-12,15-16H2,1H3,(H,31,33). The lowest BCUT2D eigenvalue weighted by Crippen LogP contribution is -2.44. The van der Waals surface area contributed by atoms with Gasteiger partial charge in [0.25, 0.3) is 0 Å². The molecule has 1 aliphatic heterocycles. The third kappa shape index (κ3) is 5.82. The smallest absolute Gasteiger partial charge is 0.327 e. The molecule has 0 amide bonds. The molecule has 1 N–H and O–H groups in total. The monoisotopic (exact) mass is 582 g/mol. The number of ether oxygens (including phenoxy) is 1. The van der Waals surface area contributed by atoms with Gasteiger partial charge in [-0.05, 0) is 55.7 Å². The molecule has 0 bridgehead atoms. The van der Waals surface area contributed by atoms with Gasteiger partial charge in [-0.3, -0.25) is 4.99 Å². The van der Waals surface area contributed by atoms with Crippen LogP contribution < -0.4 is 10.7 Å². The van der Waals surface area contributed by atoms with E-state index in [4.69, 9.17) is 16.3 Å². The fraction of sp³-hybridized carbons (Fsp3) is 0.593. The highest BCUT2D eigenvalue weighted by molar-refractivity contribution is 7.96. The Bertz CT molecular complexity index is 1450. The van der Waals surface area contributed by atoms with Crippen molar-refractivity contribution < 1.29 is 21.9 Å². The van der Waals surface area contributed by atoms with Gasteiger partial charge in [0, 0.05) is 30.5 Å². The number of aromatic amines is 1. The number of alkyl halides is 3. The first kappa shape index (κ1) is 28.3. The molecule has 2 heterocycles. The highest BCUT2D eigenvalue weighted by Crippen LogP contribution is 2.41. The first-order chi connectivity index (χ1) is 18.7. The quantitative estimate of drug-likeness (QED) is 0.173. The van der Waals surface area contributed by atoms with Crippen LogP contribution in [0, 0.1) is 4.91 Å². The highest BCUT2D eigenvalue weighted by Gasteiger charge is 2.39. The first-order valence-electron chi connectivity index (χ1n) is 13.5. The van der Waals surface area contributed by atoms with Crippen LogP contribution >= 0.6 is 11.6 Å². The predicted molar refractivity (Wildman–Crippen MR) is 147 cm³/mol. The Hall–Kier alpha value is -2.21. The van der Waals surface area contributed by atoms with Crippen molar-refractivity contribution in [2.24, 2.45) is 10.2 Å². The molecular formula is C27H33ClF2N4O4S. The van der Waals surface area contributed by atoms with E-state index in [0.29, 0.717) is 36.2 Å². The number of halogens is 3. The van der Waals surface area contributed by atoms with Gasteiger partial charge in [-0.1, -0.05) is 30.3 Å². The number of rotatable bonds is 12. The van der Waals surface area contributed by atoms with Crippen molar-refractivity contribution in [3.8, 4) is 0 Å². The predicted octanol–water partition coefficient (Wildman–Crippen LogP) is 4.13. The van der Waals surface area contributed by atoms with Crippen molar-refractivity contribution in [1.29, 1.82) is 0 Å². The normalized spacial score (nSPS) is 23.2. The second-order valence-electron chi connectivity index (χ2n) is 10.4. The van der Waals surface area contributed by atoms with E-state index in [0.717, 1.165) is 51.8 Å². The average molecular weight is 583 g/mol. The van der Waals surface area contributed by atoms with Crippen molar-refractivity contribution in [2.75, 3.05) is 32.8 Å². The van der Waals surface area contributed by atoms with Crippen molar-refractivity contribution in [1.82, 2.24) is 9.88 Å². The maximum Gasteiger partial charge on any atom is 0.327 e. The molecule has 39 heavy (non-hydrogen) atoms. The lowest BCUT2D eigenvalue weighted by Gasteiger charge is -2.29. The molecule has 0 saturated heterocycles. The third-order valence-corrected chi connectivity index (χ3v) is 10.2. The number of sulfone groups is 1. The lowest BCUT2D eigenvalue weighted by atomic mass is 9.85. The summed E-state index contributed by atoms with van der Waals surface area (Å²) in [5, 5.41) is 2.73. The molecule has 212 valence electrons. The molecule has 12 heteroatoms. The van der Waals surface area contributed by atoms with E-state index in [2.05, 4.69) is 21.2 Å². The Morgan fingerprint density at radius 2 is 2.10 bits per heavy atom. The van der Waals surface area contributed by atoms with E-state index in [9.17, 15) is 22.1 Å². The molecule has 0 spiro atoms. The summed E-state index contributed by atoms with van der Waals surface area (Å²) in [6, 6.07) is -3.28. The highest BCUT2D eigenvalue weighted by atomic mass is 35.5. The molecule has 0 aromatic carbocycles. The average Bonchev–Trinajstić information content (AvgIpc) is 3.71. The Morgan fingerprint density at radius 1 is 1.31 bits per heavy atom. The summed E-state index contributed by atoms with van der Waals surface area (Å²) in [5.74, 6) is 0. The summed E-state index contributed by atoms with van der Waals surface area (Å²) >= 11 is 6.43. The Morgan fingerprint density at radius 3 is 2.82 bits per heavy atom. The van der Waals surface area contributed by atoms with Gasteiger partial charge < -0.3 is 9.72 Å². The maximum atomic E-state index is 14.1. The number of hydrogen-bond acceptors (Lipinski definition) is 7. The van der Waals surface area contributed by atoms with E-state index in [1.165, 1.54) is 0 Å². The van der Waals surface area contributed by atoms with E-state index in [-0.39, 0.29) is 36.4 Å². The van der Waals surface area contributed by atoms with E-state index < -0.39 is 22.4 Å². The van der Waals surface area contributed by atoms with Crippen LogP contribution in [0.25, 0.3) is 11.6 Å². The van der Waals surface area contributed by atoms with Gasteiger partial charge in [0.1, 0.15) is 11.6 Å². The Balaban J connectivity index is 1.38. The summed E-state index contributed by atoms with van der Waals surface area (Å²) in [6.45, 7) is 1.38. The van der Waals surface area contributed by atoms with Gasteiger partial charge in [-0.25, -0.2) is 13.3 Å². The van der Waals surface area contributed by atoms with Crippen LogP contribution in [0.1, 0.15) is 62.8 Å². The molecule has 8 nitrogen and oxygen atoms in total. The summed E-state index contributed by atoms with van der Waals surface area (Å²) in [5.41, 5.74) is 4.41. The SMILES string of the molecule is CCN(CCCOC1CC=C(C2=CC(S(=O)(=O)C3CC3)=CCC2)c2c1[nH]c1c2=CC(Cl)CN=1)C(F)(F)CN=O. The van der Waals surface area contributed by atoms with E-state index >= 15 is 0 Å². The van der Waals surface area contributed by atoms with Crippen LogP contribution in [0.15, 0.2) is 38.9 Å². The molecule has 1 saturated carbocycles. The largest absolute Gasteiger partial charge is 0.372 e. The Labute approximate surface area is 231 Å². The van der Waals surface area contributed by atoms with E-state index in [1.54, 1.807) is 6.92 Å². The lowest BCUT2D eigenvalue weighted by molar-refractivity contribution is -0.137. The summed E-state index contributed by atoms with van der Waals surface area (Å²) in [7, 11) is -3.30. The minimum Gasteiger partial charge on any atom is -0.372 e. The number of fused-ring (bicyclic) bond motifs is 3. The first-order valence-corrected chi connectivity index (χ1v) is 15.5. The summed E-state index contributed by atoms with van der Waals surface area (Å²) < 4.78 is 60.3. The van der Waals surface area contributed by atoms with Gasteiger partial charge in [0.2, 0.25) is 0 Å². The number of likely N-dealkylation sites (N-methyl/N-ethyl adjacent to an activating group) is 1. The van der Waals surface area contributed by atoms with Crippen LogP contribution in [0.2, 0.25) is 0 Å². The molecule has 1 fully saturated rings. The molecule has 2 unspecified atom stereocenters. The number of nitrogens with one attached hydrogen (secondary N) is 1.